The summed E-state index contributed by atoms with van der Waals surface area (Å²) in [4.78, 5) is 15.6. The van der Waals surface area contributed by atoms with Crippen LogP contribution in [0.4, 0.5) is 0 Å². The minimum atomic E-state index is -1.09. The van der Waals surface area contributed by atoms with Gasteiger partial charge in [-0.15, -0.1) is 0 Å². The number of ether oxygens (including phenoxy) is 1. The molecule has 18 heavy (non-hydrogen) atoms. The van der Waals surface area contributed by atoms with Gasteiger partial charge in [0, 0.05) is 11.6 Å². The fourth-order valence-electron chi connectivity index (χ4n) is 1.79. The Morgan fingerprint density at radius 2 is 2.11 bits per heavy atom. The molecule has 4 heteroatoms. The molecule has 4 nitrogen and oxygen atoms in total. The Hall–Kier alpha value is -2.20. The predicted molar refractivity (Wildman–Crippen MR) is 67.9 cm³/mol. The number of fused-ring (bicyclic) bond motifs is 1. The number of pyridine rings is 1. The van der Waals surface area contributed by atoms with Crippen molar-refractivity contribution < 1.29 is 14.6 Å². The zero-order chi connectivity index (χ0) is 13.1. The van der Waals surface area contributed by atoms with Crippen LogP contribution in [0.15, 0.2) is 48.7 Å². The van der Waals surface area contributed by atoms with Crippen LogP contribution in [-0.4, -0.2) is 23.2 Å². The molecule has 92 valence electrons. The Morgan fingerprint density at radius 3 is 2.83 bits per heavy atom. The number of nitrogens with zero attached hydrogens (tertiary/aromatic N) is 1. The molecule has 0 bridgehead atoms. The summed E-state index contributed by atoms with van der Waals surface area (Å²) in [7, 11) is 1.25. The van der Waals surface area contributed by atoms with E-state index < -0.39 is 12.1 Å². The molecular weight excluding hydrogens is 230 g/mol. The number of aliphatic hydroxyl groups is 1. The molecule has 2 aromatic rings. The molecule has 1 N–H and O–H groups in total. The highest BCUT2D eigenvalue weighted by Gasteiger charge is 2.20. The summed E-state index contributed by atoms with van der Waals surface area (Å²) in [6.07, 6.45) is 0.496. The van der Waals surface area contributed by atoms with E-state index in [2.05, 4.69) is 16.3 Å². The van der Waals surface area contributed by atoms with Crippen molar-refractivity contribution in [3.8, 4) is 0 Å². The second-order valence-corrected chi connectivity index (χ2v) is 3.84. The van der Waals surface area contributed by atoms with Gasteiger partial charge in [-0.3, -0.25) is 4.98 Å². The molecule has 1 aromatic carbocycles. The summed E-state index contributed by atoms with van der Waals surface area (Å²) in [5.41, 5.74) is 1.36. The normalized spacial score (nSPS) is 12.1. The molecule has 0 fully saturated rings. The van der Waals surface area contributed by atoms with Crippen molar-refractivity contribution in [2.75, 3.05) is 7.11 Å². The largest absolute Gasteiger partial charge is 0.466 e. The summed E-state index contributed by atoms with van der Waals surface area (Å²) in [5.74, 6) is -0.622. The van der Waals surface area contributed by atoms with Crippen LogP contribution in [0.2, 0.25) is 0 Å². The third-order valence-electron chi connectivity index (χ3n) is 2.76. The highest BCUT2D eigenvalue weighted by Crippen LogP contribution is 2.27. The highest BCUT2D eigenvalue weighted by atomic mass is 16.5. The number of benzene rings is 1. The van der Waals surface area contributed by atoms with Gasteiger partial charge in [0.15, 0.2) is 0 Å². The maximum atomic E-state index is 11.4. The van der Waals surface area contributed by atoms with Crippen LogP contribution in [0.5, 0.6) is 0 Å². The van der Waals surface area contributed by atoms with E-state index in [1.165, 1.54) is 7.11 Å². The molecule has 0 saturated carbocycles. The Morgan fingerprint density at radius 1 is 1.39 bits per heavy atom. The van der Waals surface area contributed by atoms with E-state index in [4.69, 9.17) is 0 Å². The van der Waals surface area contributed by atoms with E-state index in [0.29, 0.717) is 5.56 Å². The van der Waals surface area contributed by atoms with E-state index in [9.17, 15) is 9.90 Å². The van der Waals surface area contributed by atoms with Gasteiger partial charge < -0.3 is 9.84 Å². The maximum Gasteiger partial charge on any atom is 0.336 e. The standard InChI is InChI=1S/C14H13NO3/c1-9(14(17)18-2)13(16)11-7-8-15-12-6-4-3-5-10(11)12/h3-8,13,16H,1H2,2H3. The van der Waals surface area contributed by atoms with Gasteiger partial charge in [-0.05, 0) is 17.7 Å². The number of rotatable bonds is 3. The van der Waals surface area contributed by atoms with E-state index in [-0.39, 0.29) is 5.57 Å². The van der Waals surface area contributed by atoms with Gasteiger partial charge in [-0.25, -0.2) is 4.79 Å². The average Bonchev–Trinajstić information content (AvgIpc) is 2.44. The van der Waals surface area contributed by atoms with E-state index in [1.807, 2.05) is 24.3 Å². The Kier molecular flexibility index (Phi) is 3.39. The first-order valence-corrected chi connectivity index (χ1v) is 5.44. The second kappa shape index (κ2) is 4.98. The topological polar surface area (TPSA) is 59.4 Å². The molecule has 0 amide bonds. The van der Waals surface area contributed by atoms with Gasteiger partial charge >= 0.3 is 5.97 Å². The molecule has 0 aliphatic heterocycles. The fraction of sp³-hybridized carbons (Fsp3) is 0.143. The lowest BCUT2D eigenvalue weighted by molar-refractivity contribution is -0.137. The number of hydrogen-bond acceptors (Lipinski definition) is 4. The predicted octanol–water partition coefficient (Wildman–Crippen LogP) is 2.00. The van der Waals surface area contributed by atoms with Crippen LogP contribution >= 0.6 is 0 Å². The van der Waals surface area contributed by atoms with Crippen molar-refractivity contribution in [2.24, 2.45) is 0 Å². The molecule has 0 saturated heterocycles. The Bertz CT molecular complexity index is 602. The monoisotopic (exact) mass is 243 g/mol. The number of carbonyl (C=O) groups excluding carboxylic acids is 1. The SMILES string of the molecule is C=C(C(=O)OC)C(O)c1ccnc2ccccc12. The first-order valence-electron chi connectivity index (χ1n) is 5.44. The second-order valence-electron chi connectivity index (χ2n) is 3.84. The zero-order valence-corrected chi connectivity index (χ0v) is 9.96. The minimum Gasteiger partial charge on any atom is -0.466 e. The average molecular weight is 243 g/mol. The summed E-state index contributed by atoms with van der Waals surface area (Å²) in [6, 6.07) is 9.06. The highest BCUT2D eigenvalue weighted by molar-refractivity contribution is 5.91. The van der Waals surface area contributed by atoms with Gasteiger partial charge in [0.1, 0.15) is 6.10 Å². The van der Waals surface area contributed by atoms with Crippen molar-refractivity contribution in [2.45, 2.75) is 6.10 Å². The first-order chi connectivity index (χ1) is 8.65. The van der Waals surface area contributed by atoms with Gasteiger partial charge in [0.05, 0.1) is 18.2 Å². The molecule has 0 spiro atoms. The molecular formula is C14H13NO3. The number of aliphatic hydroxyl groups excluding tert-OH is 1. The van der Waals surface area contributed by atoms with Gasteiger partial charge in [0.2, 0.25) is 0 Å². The van der Waals surface area contributed by atoms with Gasteiger partial charge in [0.25, 0.3) is 0 Å². The van der Waals surface area contributed by atoms with E-state index in [1.54, 1.807) is 12.3 Å². The quantitative estimate of drug-likeness (QED) is 0.661. The summed E-state index contributed by atoms with van der Waals surface area (Å²) in [6.45, 7) is 3.56. The summed E-state index contributed by atoms with van der Waals surface area (Å²) < 4.78 is 4.55. The Balaban J connectivity index is 2.48. The summed E-state index contributed by atoms with van der Waals surface area (Å²) in [5, 5.41) is 10.9. The smallest absolute Gasteiger partial charge is 0.336 e. The molecule has 0 aliphatic carbocycles. The third-order valence-corrected chi connectivity index (χ3v) is 2.76. The van der Waals surface area contributed by atoms with Crippen LogP contribution in [0.3, 0.4) is 0 Å². The number of methoxy groups -OCH3 is 1. The van der Waals surface area contributed by atoms with Crippen molar-refractivity contribution in [1.82, 2.24) is 4.98 Å². The minimum absolute atomic E-state index is 0.00820. The molecule has 1 heterocycles. The molecule has 2 rings (SSSR count). The van der Waals surface area contributed by atoms with Crippen molar-refractivity contribution in [3.63, 3.8) is 0 Å². The van der Waals surface area contributed by atoms with Crippen LogP contribution in [0, 0.1) is 0 Å². The van der Waals surface area contributed by atoms with Crippen LogP contribution in [-0.2, 0) is 9.53 Å². The fourth-order valence-corrected chi connectivity index (χ4v) is 1.79. The van der Waals surface area contributed by atoms with E-state index >= 15 is 0 Å². The lowest BCUT2D eigenvalue weighted by Gasteiger charge is -2.14. The first kappa shape index (κ1) is 12.3. The molecule has 1 aromatic heterocycles. The Labute approximate surface area is 105 Å². The maximum absolute atomic E-state index is 11.4. The molecule has 0 radical (unpaired) electrons. The van der Waals surface area contributed by atoms with Crippen molar-refractivity contribution in [1.29, 1.82) is 0 Å². The van der Waals surface area contributed by atoms with Gasteiger partial charge in [-0.2, -0.15) is 0 Å². The third kappa shape index (κ3) is 2.10. The zero-order valence-electron chi connectivity index (χ0n) is 9.96. The van der Waals surface area contributed by atoms with Gasteiger partial charge in [-0.1, -0.05) is 24.8 Å². The van der Waals surface area contributed by atoms with Crippen LogP contribution in [0.25, 0.3) is 10.9 Å². The number of esters is 1. The molecule has 1 atom stereocenters. The lowest BCUT2D eigenvalue weighted by atomic mass is 9.99. The number of hydrogen-bond donors (Lipinski definition) is 1. The number of carbonyl (C=O) groups is 1. The molecule has 1 unspecified atom stereocenters. The van der Waals surface area contributed by atoms with Crippen LogP contribution < -0.4 is 0 Å². The van der Waals surface area contributed by atoms with Crippen molar-refractivity contribution in [3.05, 3.63) is 54.2 Å². The van der Waals surface area contributed by atoms with E-state index in [0.717, 1.165) is 10.9 Å². The van der Waals surface area contributed by atoms with Crippen molar-refractivity contribution >= 4 is 16.9 Å². The number of aromatic nitrogens is 1. The summed E-state index contributed by atoms with van der Waals surface area (Å²) >= 11 is 0. The number of para-hydroxylation sites is 1. The van der Waals surface area contributed by atoms with Crippen LogP contribution in [0.1, 0.15) is 11.7 Å². The molecule has 0 aliphatic rings. The lowest BCUT2D eigenvalue weighted by Crippen LogP contribution is -2.12.